The maximum Gasteiger partial charge on any atom is 0.280 e. The Bertz CT molecular complexity index is 689. The molecule has 0 unspecified atom stereocenters. The van der Waals surface area contributed by atoms with Gasteiger partial charge in [-0.3, -0.25) is 9.69 Å². The first-order valence-electron chi connectivity index (χ1n) is 7.01. The van der Waals surface area contributed by atoms with Crippen molar-refractivity contribution in [2.24, 2.45) is 9.98 Å². The van der Waals surface area contributed by atoms with E-state index in [1.807, 2.05) is 30.3 Å². The predicted octanol–water partition coefficient (Wildman–Crippen LogP) is 2.85. The van der Waals surface area contributed by atoms with Crippen molar-refractivity contribution in [3.05, 3.63) is 42.1 Å². The molecule has 0 saturated carbocycles. The summed E-state index contributed by atoms with van der Waals surface area (Å²) < 4.78 is 0. The summed E-state index contributed by atoms with van der Waals surface area (Å²) in [5.41, 5.74) is 2.85. The Labute approximate surface area is 128 Å². The fraction of sp³-hybridized carbons (Fsp3) is 0.250. The van der Waals surface area contributed by atoms with Gasteiger partial charge < -0.3 is 0 Å². The summed E-state index contributed by atoms with van der Waals surface area (Å²) >= 11 is 5.28. The van der Waals surface area contributed by atoms with Gasteiger partial charge in [-0.15, -0.1) is 0 Å². The number of hydrogen-bond acceptors (Lipinski definition) is 3. The van der Waals surface area contributed by atoms with Gasteiger partial charge in [-0.25, -0.2) is 9.98 Å². The van der Waals surface area contributed by atoms with E-state index in [-0.39, 0.29) is 5.91 Å². The molecular formula is C16H15N3OS. The van der Waals surface area contributed by atoms with Crippen LogP contribution in [0.1, 0.15) is 25.3 Å². The van der Waals surface area contributed by atoms with E-state index in [4.69, 9.17) is 12.2 Å². The van der Waals surface area contributed by atoms with Gasteiger partial charge in [0.15, 0.2) is 5.71 Å². The number of carbonyl (C=O) groups excluding carboxylic acids is 1. The van der Waals surface area contributed by atoms with Crippen LogP contribution < -0.4 is 0 Å². The number of amides is 1. The number of thiocarbonyl (C=S) groups is 1. The van der Waals surface area contributed by atoms with Crippen molar-refractivity contribution in [2.45, 2.75) is 19.8 Å². The second kappa shape index (κ2) is 5.69. The third kappa shape index (κ3) is 2.45. The topological polar surface area (TPSA) is 45.0 Å². The standard InChI is InChI=1S/C16H15N3OS/c1-2-3-9-19-15(20)14-13(18-16(19)21)12(10-17-14)11-7-5-4-6-8-11/h4-8,10H,2-3,9H2,1H3. The van der Waals surface area contributed by atoms with E-state index >= 15 is 0 Å². The van der Waals surface area contributed by atoms with Gasteiger partial charge in [0.25, 0.3) is 5.91 Å². The fourth-order valence-electron chi connectivity index (χ4n) is 2.36. The normalized spacial score (nSPS) is 17.4. The van der Waals surface area contributed by atoms with E-state index in [1.165, 1.54) is 0 Å². The highest BCUT2D eigenvalue weighted by Gasteiger charge is 2.35. The Morgan fingerprint density at radius 3 is 2.67 bits per heavy atom. The summed E-state index contributed by atoms with van der Waals surface area (Å²) in [5, 5.41) is 0.339. The lowest BCUT2D eigenvalue weighted by Crippen LogP contribution is -2.46. The molecule has 2 heterocycles. The maximum absolute atomic E-state index is 12.5. The van der Waals surface area contributed by atoms with Crippen molar-refractivity contribution >= 4 is 40.2 Å². The Hall–Kier alpha value is -2.14. The molecule has 0 saturated heterocycles. The van der Waals surface area contributed by atoms with Gasteiger partial charge >= 0.3 is 0 Å². The van der Waals surface area contributed by atoms with Crippen molar-refractivity contribution < 1.29 is 4.79 Å². The monoisotopic (exact) mass is 297 g/mol. The minimum absolute atomic E-state index is 0.138. The average molecular weight is 297 g/mol. The lowest BCUT2D eigenvalue weighted by atomic mass is 9.99. The zero-order valence-corrected chi connectivity index (χ0v) is 12.6. The number of fused-ring (bicyclic) bond motifs is 1. The Kier molecular flexibility index (Phi) is 3.75. The molecule has 0 fully saturated rings. The number of rotatable bonds is 4. The van der Waals surface area contributed by atoms with Crippen molar-refractivity contribution in [3.63, 3.8) is 0 Å². The van der Waals surface area contributed by atoms with Crippen LogP contribution in [0.15, 0.2) is 46.5 Å². The first kappa shape index (κ1) is 13.8. The minimum atomic E-state index is -0.138. The molecule has 1 amide bonds. The number of nitrogens with zero attached hydrogens (tertiary/aromatic N) is 3. The molecule has 5 heteroatoms. The Morgan fingerprint density at radius 2 is 1.95 bits per heavy atom. The third-order valence-electron chi connectivity index (χ3n) is 3.51. The molecule has 0 aromatic heterocycles. The van der Waals surface area contributed by atoms with Gasteiger partial charge in [0.2, 0.25) is 5.11 Å². The molecule has 0 N–H and O–H groups in total. The molecule has 21 heavy (non-hydrogen) atoms. The first-order valence-corrected chi connectivity index (χ1v) is 7.42. The van der Waals surface area contributed by atoms with Crippen molar-refractivity contribution in [2.75, 3.05) is 6.54 Å². The van der Waals surface area contributed by atoms with Crippen LogP contribution in [0.25, 0.3) is 5.57 Å². The van der Waals surface area contributed by atoms with Crippen LogP contribution >= 0.6 is 12.2 Å². The molecular weight excluding hydrogens is 282 g/mol. The van der Waals surface area contributed by atoms with E-state index in [9.17, 15) is 4.79 Å². The number of aliphatic imine (C=N–C) groups is 2. The number of allylic oxidation sites excluding steroid dienone is 1. The number of benzene rings is 1. The number of carbonyl (C=O) groups is 1. The molecule has 2 aliphatic rings. The van der Waals surface area contributed by atoms with Crippen LogP contribution in [0.4, 0.5) is 0 Å². The quantitative estimate of drug-likeness (QED) is 0.802. The van der Waals surface area contributed by atoms with Gasteiger partial charge in [0.05, 0.1) is 0 Å². The van der Waals surface area contributed by atoms with Gasteiger partial charge in [0, 0.05) is 18.3 Å². The molecule has 3 rings (SSSR count). The van der Waals surface area contributed by atoms with E-state index in [0.717, 1.165) is 24.0 Å². The maximum atomic E-state index is 12.5. The second-order valence-corrected chi connectivity index (χ2v) is 5.30. The summed E-state index contributed by atoms with van der Waals surface area (Å²) in [6.07, 6.45) is 3.61. The van der Waals surface area contributed by atoms with Crippen LogP contribution in [-0.2, 0) is 4.79 Å². The number of unbranched alkanes of at least 4 members (excludes halogenated alkanes) is 1. The smallest absolute Gasteiger partial charge is 0.280 e. The van der Waals surface area contributed by atoms with E-state index < -0.39 is 0 Å². The summed E-state index contributed by atoms with van der Waals surface area (Å²) in [6, 6.07) is 9.80. The molecule has 0 aliphatic carbocycles. The third-order valence-corrected chi connectivity index (χ3v) is 3.82. The highest BCUT2D eigenvalue weighted by atomic mass is 32.1. The lowest BCUT2D eigenvalue weighted by molar-refractivity contribution is -0.120. The molecule has 0 spiro atoms. The van der Waals surface area contributed by atoms with Gasteiger partial charge in [0.1, 0.15) is 5.71 Å². The molecule has 0 radical (unpaired) electrons. The molecule has 4 nitrogen and oxygen atoms in total. The molecule has 0 atom stereocenters. The van der Waals surface area contributed by atoms with Crippen molar-refractivity contribution in [1.29, 1.82) is 0 Å². The van der Waals surface area contributed by atoms with Crippen molar-refractivity contribution in [3.8, 4) is 0 Å². The van der Waals surface area contributed by atoms with Gasteiger partial charge in [-0.2, -0.15) is 0 Å². The van der Waals surface area contributed by atoms with Crippen LogP contribution in [0.2, 0.25) is 0 Å². The average Bonchev–Trinajstić information content (AvgIpc) is 2.92. The zero-order chi connectivity index (χ0) is 14.8. The van der Waals surface area contributed by atoms with Gasteiger partial charge in [-0.1, -0.05) is 43.7 Å². The minimum Gasteiger partial charge on any atom is -0.282 e. The summed E-state index contributed by atoms with van der Waals surface area (Å²) in [4.78, 5) is 22.7. The van der Waals surface area contributed by atoms with Crippen LogP contribution in [0, 0.1) is 0 Å². The summed E-state index contributed by atoms with van der Waals surface area (Å²) in [7, 11) is 0. The second-order valence-electron chi connectivity index (χ2n) is 4.94. The highest BCUT2D eigenvalue weighted by Crippen LogP contribution is 2.25. The van der Waals surface area contributed by atoms with Crippen LogP contribution in [0.3, 0.4) is 0 Å². The van der Waals surface area contributed by atoms with Crippen LogP contribution in [0.5, 0.6) is 0 Å². The summed E-state index contributed by atoms with van der Waals surface area (Å²) in [6.45, 7) is 2.68. The largest absolute Gasteiger partial charge is 0.282 e. The van der Waals surface area contributed by atoms with E-state index in [2.05, 4.69) is 16.9 Å². The predicted molar refractivity (Wildman–Crippen MR) is 88.5 cm³/mol. The SMILES string of the molecule is CCCCN1C(=O)C2=NC=C(c3ccccc3)C2=NC1=S. The molecule has 0 bridgehead atoms. The molecule has 1 aromatic rings. The lowest BCUT2D eigenvalue weighted by Gasteiger charge is -2.25. The number of hydrogen-bond donors (Lipinski definition) is 0. The van der Waals surface area contributed by atoms with Crippen molar-refractivity contribution in [1.82, 2.24) is 4.90 Å². The molecule has 106 valence electrons. The van der Waals surface area contributed by atoms with Gasteiger partial charge in [-0.05, 0) is 24.2 Å². The zero-order valence-electron chi connectivity index (χ0n) is 11.7. The first-order chi connectivity index (χ1) is 10.2. The Morgan fingerprint density at radius 1 is 1.19 bits per heavy atom. The molecule has 1 aromatic carbocycles. The fourth-order valence-corrected chi connectivity index (χ4v) is 2.63. The van der Waals surface area contributed by atoms with E-state index in [1.54, 1.807) is 11.1 Å². The summed E-state index contributed by atoms with van der Waals surface area (Å²) in [5.74, 6) is -0.138. The van der Waals surface area contributed by atoms with E-state index in [0.29, 0.717) is 23.1 Å². The Balaban J connectivity index is 1.92. The highest BCUT2D eigenvalue weighted by molar-refractivity contribution is 7.80. The van der Waals surface area contributed by atoms with Crippen LogP contribution in [-0.4, -0.2) is 33.9 Å². The molecule has 2 aliphatic heterocycles.